The van der Waals surface area contributed by atoms with Gasteiger partial charge in [0.1, 0.15) is 0 Å². The van der Waals surface area contributed by atoms with E-state index in [1.54, 1.807) is 0 Å². The molecule has 1 aromatic rings. The summed E-state index contributed by atoms with van der Waals surface area (Å²) in [5.74, 6) is 0.103. The van der Waals surface area contributed by atoms with E-state index in [0.717, 1.165) is 23.4 Å². The minimum absolute atomic E-state index is 0. The zero-order chi connectivity index (χ0) is 14.3. The van der Waals surface area contributed by atoms with Crippen molar-refractivity contribution in [1.82, 2.24) is 0 Å². The van der Waals surface area contributed by atoms with Gasteiger partial charge in [0.15, 0.2) is 6.54 Å². The number of benzene rings is 1. The molecule has 1 atom stereocenters. The molecule has 0 saturated carbocycles. The Bertz CT molecular complexity index is 401. The van der Waals surface area contributed by atoms with Gasteiger partial charge in [-0.3, -0.25) is 4.79 Å². The van der Waals surface area contributed by atoms with Crippen molar-refractivity contribution >= 4 is 11.6 Å². The number of rotatable bonds is 7. The minimum atomic E-state index is 0. The van der Waals surface area contributed by atoms with Crippen LogP contribution in [0.3, 0.4) is 0 Å². The molecule has 0 saturated heterocycles. The fourth-order valence-corrected chi connectivity index (χ4v) is 2.23. The maximum absolute atomic E-state index is 12.0. The van der Waals surface area contributed by atoms with Crippen molar-refractivity contribution in [2.24, 2.45) is 0 Å². The molecule has 0 bridgehead atoms. The standard InChI is InChI=1S/C16H26N2O.ClH/c1-5-6-7-11-18(4)12-15(19)17-16-13(2)9-8-10-14(16)3;/h8-10H,5-7,11-12H2,1-4H3,(H,17,19);1H. The molecule has 0 aliphatic carbocycles. The summed E-state index contributed by atoms with van der Waals surface area (Å²) in [4.78, 5) is 13.3. The van der Waals surface area contributed by atoms with E-state index < -0.39 is 0 Å². The lowest BCUT2D eigenvalue weighted by Crippen LogP contribution is -3.10. The predicted octanol–water partition coefficient (Wildman–Crippen LogP) is -1.05. The number of hydrogen-bond donors (Lipinski definition) is 2. The van der Waals surface area contributed by atoms with Gasteiger partial charge in [0, 0.05) is 5.69 Å². The highest BCUT2D eigenvalue weighted by Gasteiger charge is 2.11. The predicted molar refractivity (Wildman–Crippen MR) is 80.7 cm³/mol. The van der Waals surface area contributed by atoms with Crippen molar-refractivity contribution in [2.75, 3.05) is 25.5 Å². The topological polar surface area (TPSA) is 33.5 Å². The Hall–Kier alpha value is -1.06. The van der Waals surface area contributed by atoms with Crippen LogP contribution in [-0.4, -0.2) is 26.0 Å². The monoisotopic (exact) mass is 298 g/mol. The third-order valence-corrected chi connectivity index (χ3v) is 3.41. The highest BCUT2D eigenvalue weighted by molar-refractivity contribution is 5.93. The van der Waals surface area contributed by atoms with Gasteiger partial charge in [-0.2, -0.15) is 0 Å². The van der Waals surface area contributed by atoms with Crippen LogP contribution >= 0.6 is 0 Å². The van der Waals surface area contributed by atoms with Crippen LogP contribution in [-0.2, 0) is 4.79 Å². The van der Waals surface area contributed by atoms with E-state index in [0.29, 0.717) is 6.54 Å². The third kappa shape index (κ3) is 6.40. The number of carbonyl (C=O) groups is 1. The lowest BCUT2D eigenvalue weighted by atomic mass is 10.1. The number of likely N-dealkylation sites (N-methyl/N-ethyl adjacent to an activating group) is 1. The molecule has 1 aromatic carbocycles. The second-order valence-corrected chi connectivity index (χ2v) is 5.41. The number of aryl methyl sites for hydroxylation is 2. The Morgan fingerprint density at radius 2 is 1.80 bits per heavy atom. The summed E-state index contributed by atoms with van der Waals surface area (Å²) in [5, 5.41) is 3.04. The average molecular weight is 299 g/mol. The van der Waals surface area contributed by atoms with Gasteiger partial charge >= 0.3 is 0 Å². The maximum atomic E-state index is 12.0. The van der Waals surface area contributed by atoms with Crippen molar-refractivity contribution in [3.05, 3.63) is 29.3 Å². The van der Waals surface area contributed by atoms with E-state index in [4.69, 9.17) is 0 Å². The summed E-state index contributed by atoms with van der Waals surface area (Å²) >= 11 is 0. The maximum Gasteiger partial charge on any atom is 0.279 e. The first kappa shape index (κ1) is 18.9. The molecule has 0 spiro atoms. The molecule has 1 unspecified atom stereocenters. The summed E-state index contributed by atoms with van der Waals surface area (Å²) in [6.45, 7) is 7.86. The number of halogens is 1. The highest BCUT2D eigenvalue weighted by Crippen LogP contribution is 2.18. The Morgan fingerprint density at radius 3 is 2.35 bits per heavy atom. The fraction of sp³-hybridized carbons (Fsp3) is 0.562. The Balaban J connectivity index is 0.00000361. The van der Waals surface area contributed by atoms with Gasteiger partial charge in [-0.15, -0.1) is 0 Å². The zero-order valence-corrected chi connectivity index (χ0v) is 13.8. The SMILES string of the molecule is CCCCC[NH+](C)CC(=O)Nc1c(C)cccc1C.[Cl-]. The molecule has 0 aliphatic heterocycles. The van der Waals surface area contributed by atoms with Crippen molar-refractivity contribution in [3.8, 4) is 0 Å². The molecular formula is C16H27ClN2O. The number of amides is 1. The normalized spacial score (nSPS) is 11.6. The quantitative estimate of drug-likeness (QED) is 0.619. The number of nitrogens with one attached hydrogen (secondary N) is 2. The highest BCUT2D eigenvalue weighted by atomic mass is 35.5. The molecule has 3 nitrogen and oxygen atoms in total. The Morgan fingerprint density at radius 1 is 1.20 bits per heavy atom. The summed E-state index contributed by atoms with van der Waals surface area (Å²) in [6.07, 6.45) is 3.66. The summed E-state index contributed by atoms with van der Waals surface area (Å²) in [5.41, 5.74) is 3.21. The molecule has 20 heavy (non-hydrogen) atoms. The van der Waals surface area contributed by atoms with Crippen LogP contribution in [0.2, 0.25) is 0 Å². The molecule has 1 amide bonds. The van der Waals surface area contributed by atoms with E-state index >= 15 is 0 Å². The van der Waals surface area contributed by atoms with Gasteiger partial charge in [-0.05, 0) is 37.8 Å². The zero-order valence-electron chi connectivity index (χ0n) is 13.1. The van der Waals surface area contributed by atoms with Crippen molar-refractivity contribution < 1.29 is 22.1 Å². The van der Waals surface area contributed by atoms with Crippen LogP contribution in [0.25, 0.3) is 0 Å². The summed E-state index contributed by atoms with van der Waals surface area (Å²) in [7, 11) is 2.08. The summed E-state index contributed by atoms with van der Waals surface area (Å²) in [6, 6.07) is 6.07. The number of para-hydroxylation sites is 1. The van der Waals surface area contributed by atoms with Crippen molar-refractivity contribution in [1.29, 1.82) is 0 Å². The van der Waals surface area contributed by atoms with Crippen LogP contribution in [0, 0.1) is 13.8 Å². The first-order valence-corrected chi connectivity index (χ1v) is 7.22. The first-order chi connectivity index (χ1) is 9.04. The number of hydrogen-bond acceptors (Lipinski definition) is 1. The Labute approximate surface area is 129 Å². The number of anilines is 1. The molecule has 0 aliphatic rings. The largest absolute Gasteiger partial charge is 1.00 e. The van der Waals surface area contributed by atoms with Gasteiger partial charge < -0.3 is 22.6 Å². The molecule has 114 valence electrons. The van der Waals surface area contributed by atoms with Gasteiger partial charge in [-0.25, -0.2) is 0 Å². The fourth-order valence-electron chi connectivity index (χ4n) is 2.23. The molecule has 2 N–H and O–H groups in total. The number of quaternary nitrogens is 1. The molecule has 1 rings (SSSR count). The summed E-state index contributed by atoms with van der Waals surface area (Å²) < 4.78 is 0. The third-order valence-electron chi connectivity index (χ3n) is 3.41. The van der Waals surface area contributed by atoms with E-state index in [1.807, 2.05) is 32.0 Å². The average Bonchev–Trinajstić information content (AvgIpc) is 2.34. The van der Waals surface area contributed by atoms with E-state index in [2.05, 4.69) is 19.3 Å². The molecule has 4 heteroatoms. The number of carbonyl (C=O) groups excluding carboxylic acids is 1. The van der Waals surface area contributed by atoms with Gasteiger partial charge in [0.25, 0.3) is 5.91 Å². The second kappa shape index (κ2) is 9.78. The molecule has 0 aromatic heterocycles. The smallest absolute Gasteiger partial charge is 0.279 e. The molecular weight excluding hydrogens is 272 g/mol. The molecule has 0 fully saturated rings. The molecule has 0 radical (unpaired) electrons. The van der Waals surface area contributed by atoms with E-state index in [1.165, 1.54) is 24.2 Å². The van der Waals surface area contributed by atoms with E-state index in [9.17, 15) is 4.79 Å². The van der Waals surface area contributed by atoms with Crippen LogP contribution in [0.4, 0.5) is 5.69 Å². The number of unbranched alkanes of at least 4 members (excludes halogenated alkanes) is 2. The lowest BCUT2D eigenvalue weighted by Gasteiger charge is -2.15. The van der Waals surface area contributed by atoms with E-state index in [-0.39, 0.29) is 18.3 Å². The van der Waals surface area contributed by atoms with Crippen LogP contribution < -0.4 is 22.6 Å². The van der Waals surface area contributed by atoms with Crippen LogP contribution in [0.5, 0.6) is 0 Å². The lowest BCUT2D eigenvalue weighted by molar-refractivity contribution is -0.871. The second-order valence-electron chi connectivity index (χ2n) is 5.41. The van der Waals surface area contributed by atoms with Gasteiger partial charge in [-0.1, -0.05) is 31.5 Å². The first-order valence-electron chi connectivity index (χ1n) is 7.22. The van der Waals surface area contributed by atoms with Gasteiger partial charge in [0.2, 0.25) is 0 Å². The van der Waals surface area contributed by atoms with Crippen molar-refractivity contribution in [2.45, 2.75) is 40.0 Å². The Kier molecular flexibility index (Phi) is 9.26. The van der Waals surface area contributed by atoms with Gasteiger partial charge in [0.05, 0.1) is 13.6 Å². The molecule has 0 heterocycles. The van der Waals surface area contributed by atoms with Crippen LogP contribution in [0.15, 0.2) is 18.2 Å². The van der Waals surface area contributed by atoms with Crippen LogP contribution in [0.1, 0.15) is 37.3 Å². The van der Waals surface area contributed by atoms with Crippen molar-refractivity contribution in [3.63, 3.8) is 0 Å². The minimum Gasteiger partial charge on any atom is -1.00 e.